The van der Waals surface area contributed by atoms with Crippen LogP contribution in [0.1, 0.15) is 37.9 Å². The molecule has 4 nitrogen and oxygen atoms in total. The summed E-state index contributed by atoms with van der Waals surface area (Å²) in [7, 11) is 0. The van der Waals surface area contributed by atoms with Gasteiger partial charge >= 0.3 is 0 Å². The molecule has 4 heteroatoms. The molecule has 0 amide bonds. The maximum Gasteiger partial charge on any atom is 0.0895 e. The number of hydrogen-bond acceptors (Lipinski definition) is 3. The fourth-order valence-corrected chi connectivity index (χ4v) is 2.33. The number of nitrogens with zero attached hydrogens (tertiary/aromatic N) is 2. The van der Waals surface area contributed by atoms with Gasteiger partial charge in [-0.2, -0.15) is 5.10 Å². The summed E-state index contributed by atoms with van der Waals surface area (Å²) in [5, 5.41) is 4.35. The molecule has 1 aromatic heterocycles. The van der Waals surface area contributed by atoms with E-state index >= 15 is 0 Å². The van der Waals surface area contributed by atoms with Crippen LogP contribution >= 0.6 is 0 Å². The predicted molar refractivity (Wildman–Crippen MR) is 63.0 cm³/mol. The molecule has 90 valence electrons. The van der Waals surface area contributed by atoms with Crippen molar-refractivity contribution in [2.75, 3.05) is 13.2 Å². The third kappa shape index (κ3) is 2.44. The molecule has 16 heavy (non-hydrogen) atoms. The molecule has 1 aliphatic rings. The van der Waals surface area contributed by atoms with Gasteiger partial charge in [0.1, 0.15) is 0 Å². The Labute approximate surface area is 96.8 Å². The lowest BCUT2D eigenvalue weighted by atomic mass is 9.91. The molecule has 2 heterocycles. The van der Waals surface area contributed by atoms with Crippen molar-refractivity contribution in [3.8, 4) is 0 Å². The van der Waals surface area contributed by atoms with Crippen LogP contribution in [0.2, 0.25) is 0 Å². The van der Waals surface area contributed by atoms with Gasteiger partial charge in [0.05, 0.1) is 12.3 Å². The summed E-state index contributed by atoms with van der Waals surface area (Å²) in [6.45, 7) is 4.67. The molecule has 1 aromatic rings. The van der Waals surface area contributed by atoms with Gasteiger partial charge in [-0.05, 0) is 25.8 Å². The lowest BCUT2D eigenvalue weighted by molar-refractivity contribution is -0.0252. The average molecular weight is 223 g/mol. The Bertz CT molecular complexity index is 324. The average Bonchev–Trinajstić information content (AvgIpc) is 2.78. The number of nitrogens with two attached hydrogens (primary N) is 1. The second-order valence-corrected chi connectivity index (χ2v) is 4.47. The van der Waals surface area contributed by atoms with E-state index in [2.05, 4.69) is 18.2 Å². The number of aryl methyl sites for hydroxylation is 1. The quantitative estimate of drug-likeness (QED) is 0.845. The van der Waals surface area contributed by atoms with E-state index in [4.69, 9.17) is 10.5 Å². The standard InChI is InChI=1S/C12H21N3O/c1-2-5-15-9-11(8-14-15)12-10(7-13)4-3-6-16-12/h8-10,12H,2-7,13H2,1H3. The Morgan fingerprint density at radius 3 is 3.25 bits per heavy atom. The summed E-state index contributed by atoms with van der Waals surface area (Å²) in [6.07, 6.45) is 7.58. The zero-order valence-corrected chi connectivity index (χ0v) is 9.93. The van der Waals surface area contributed by atoms with Crippen LogP contribution < -0.4 is 5.73 Å². The van der Waals surface area contributed by atoms with Crippen LogP contribution in [-0.4, -0.2) is 22.9 Å². The largest absolute Gasteiger partial charge is 0.373 e. The molecule has 1 aliphatic heterocycles. The Balaban J connectivity index is 2.08. The van der Waals surface area contributed by atoms with E-state index in [0.717, 1.165) is 26.0 Å². The fourth-order valence-electron chi connectivity index (χ4n) is 2.33. The zero-order chi connectivity index (χ0) is 11.4. The van der Waals surface area contributed by atoms with Gasteiger partial charge in [0.25, 0.3) is 0 Å². The van der Waals surface area contributed by atoms with Gasteiger partial charge in [-0.1, -0.05) is 6.92 Å². The maximum absolute atomic E-state index is 5.83. The maximum atomic E-state index is 5.83. The second-order valence-electron chi connectivity index (χ2n) is 4.47. The summed E-state index contributed by atoms with van der Waals surface area (Å²) in [6, 6.07) is 0. The number of rotatable bonds is 4. The van der Waals surface area contributed by atoms with Gasteiger partial charge in [-0.3, -0.25) is 4.68 Å². The van der Waals surface area contributed by atoms with E-state index in [1.165, 1.54) is 12.0 Å². The highest BCUT2D eigenvalue weighted by Crippen LogP contribution is 2.32. The highest BCUT2D eigenvalue weighted by atomic mass is 16.5. The SMILES string of the molecule is CCCn1cc(C2OCCCC2CN)cn1. The minimum atomic E-state index is 0.157. The highest BCUT2D eigenvalue weighted by molar-refractivity contribution is 5.10. The smallest absolute Gasteiger partial charge is 0.0895 e. The van der Waals surface area contributed by atoms with E-state index in [1.807, 2.05) is 10.9 Å². The van der Waals surface area contributed by atoms with Crippen molar-refractivity contribution >= 4 is 0 Å². The molecule has 0 saturated carbocycles. The van der Waals surface area contributed by atoms with Gasteiger partial charge in [0.15, 0.2) is 0 Å². The van der Waals surface area contributed by atoms with E-state index < -0.39 is 0 Å². The van der Waals surface area contributed by atoms with Crippen molar-refractivity contribution in [1.29, 1.82) is 0 Å². The summed E-state index contributed by atoms with van der Waals surface area (Å²) in [4.78, 5) is 0. The first-order chi connectivity index (χ1) is 7.85. The molecule has 2 N–H and O–H groups in total. The molecule has 0 aliphatic carbocycles. The molecule has 2 unspecified atom stereocenters. The van der Waals surface area contributed by atoms with Crippen LogP contribution in [0.25, 0.3) is 0 Å². The van der Waals surface area contributed by atoms with Crippen LogP contribution in [0.15, 0.2) is 12.4 Å². The molecule has 0 bridgehead atoms. The van der Waals surface area contributed by atoms with E-state index in [0.29, 0.717) is 12.5 Å². The van der Waals surface area contributed by atoms with Crippen molar-refractivity contribution in [3.63, 3.8) is 0 Å². The molecule has 0 spiro atoms. The Kier molecular flexibility index (Phi) is 3.96. The van der Waals surface area contributed by atoms with E-state index in [-0.39, 0.29) is 6.10 Å². The molecule has 2 atom stereocenters. The molecule has 0 aromatic carbocycles. The van der Waals surface area contributed by atoms with Gasteiger partial charge in [0.2, 0.25) is 0 Å². The molecule has 1 fully saturated rings. The monoisotopic (exact) mass is 223 g/mol. The lowest BCUT2D eigenvalue weighted by Gasteiger charge is -2.30. The summed E-state index contributed by atoms with van der Waals surface area (Å²) in [5.41, 5.74) is 6.97. The first-order valence-electron chi connectivity index (χ1n) is 6.19. The number of ether oxygens (including phenoxy) is 1. The van der Waals surface area contributed by atoms with Gasteiger partial charge in [-0.15, -0.1) is 0 Å². The van der Waals surface area contributed by atoms with Gasteiger partial charge in [0, 0.05) is 30.8 Å². The van der Waals surface area contributed by atoms with E-state index in [9.17, 15) is 0 Å². The summed E-state index contributed by atoms with van der Waals surface area (Å²) in [5.74, 6) is 0.452. The molecular formula is C12H21N3O. The van der Waals surface area contributed by atoms with Crippen molar-refractivity contribution < 1.29 is 4.74 Å². The van der Waals surface area contributed by atoms with Crippen molar-refractivity contribution in [2.24, 2.45) is 11.7 Å². The molecule has 1 saturated heterocycles. The second kappa shape index (κ2) is 5.46. The topological polar surface area (TPSA) is 53.1 Å². The van der Waals surface area contributed by atoms with E-state index in [1.54, 1.807) is 0 Å². The first kappa shape index (κ1) is 11.6. The van der Waals surface area contributed by atoms with Gasteiger partial charge in [-0.25, -0.2) is 0 Å². The van der Waals surface area contributed by atoms with Crippen LogP contribution in [0.5, 0.6) is 0 Å². The lowest BCUT2D eigenvalue weighted by Crippen LogP contribution is -2.28. The Morgan fingerprint density at radius 1 is 1.62 bits per heavy atom. The van der Waals surface area contributed by atoms with Crippen molar-refractivity contribution in [2.45, 2.75) is 38.8 Å². The molecular weight excluding hydrogens is 202 g/mol. The zero-order valence-electron chi connectivity index (χ0n) is 9.93. The van der Waals surface area contributed by atoms with Crippen LogP contribution in [-0.2, 0) is 11.3 Å². The first-order valence-corrected chi connectivity index (χ1v) is 6.19. The molecule has 2 rings (SSSR count). The Hall–Kier alpha value is -0.870. The predicted octanol–water partition coefficient (Wildman–Crippen LogP) is 1.72. The Morgan fingerprint density at radius 2 is 2.50 bits per heavy atom. The third-order valence-electron chi connectivity index (χ3n) is 3.18. The summed E-state index contributed by atoms with van der Waals surface area (Å²) < 4.78 is 7.81. The normalized spacial score (nSPS) is 25.9. The van der Waals surface area contributed by atoms with Crippen LogP contribution in [0, 0.1) is 5.92 Å². The number of aromatic nitrogens is 2. The minimum Gasteiger partial charge on any atom is -0.373 e. The molecule has 0 radical (unpaired) electrons. The minimum absolute atomic E-state index is 0.157. The van der Waals surface area contributed by atoms with Gasteiger partial charge < -0.3 is 10.5 Å². The van der Waals surface area contributed by atoms with Crippen LogP contribution in [0.4, 0.5) is 0 Å². The van der Waals surface area contributed by atoms with Crippen molar-refractivity contribution in [3.05, 3.63) is 18.0 Å². The summed E-state index contributed by atoms with van der Waals surface area (Å²) >= 11 is 0. The van der Waals surface area contributed by atoms with Crippen LogP contribution in [0.3, 0.4) is 0 Å². The number of hydrogen-bond donors (Lipinski definition) is 1. The highest BCUT2D eigenvalue weighted by Gasteiger charge is 2.27. The third-order valence-corrected chi connectivity index (χ3v) is 3.18. The van der Waals surface area contributed by atoms with Crippen molar-refractivity contribution in [1.82, 2.24) is 9.78 Å². The fraction of sp³-hybridized carbons (Fsp3) is 0.750.